The second-order valence-electron chi connectivity index (χ2n) is 5.44. The first-order chi connectivity index (χ1) is 9.27. The van der Waals surface area contributed by atoms with Crippen LogP contribution in [0.3, 0.4) is 0 Å². The second-order valence-corrected chi connectivity index (χ2v) is 5.44. The highest BCUT2D eigenvalue weighted by molar-refractivity contribution is 5.39. The summed E-state index contributed by atoms with van der Waals surface area (Å²) >= 11 is 0. The van der Waals surface area contributed by atoms with Gasteiger partial charge in [-0.1, -0.05) is 24.6 Å². The zero-order valence-corrected chi connectivity index (χ0v) is 11.9. The third-order valence-corrected chi connectivity index (χ3v) is 4.12. The molecule has 1 aromatic rings. The monoisotopic (exact) mass is 257 g/mol. The summed E-state index contributed by atoms with van der Waals surface area (Å²) in [4.78, 5) is 2.42. The van der Waals surface area contributed by atoms with Crippen molar-refractivity contribution >= 4 is 0 Å². The van der Waals surface area contributed by atoms with Crippen molar-refractivity contribution < 1.29 is 0 Å². The molecule has 3 nitrogen and oxygen atoms in total. The van der Waals surface area contributed by atoms with E-state index in [1.807, 2.05) is 25.2 Å². The van der Waals surface area contributed by atoms with Crippen LogP contribution >= 0.6 is 0 Å². The maximum Gasteiger partial charge on any atom is 0.0995 e. The van der Waals surface area contributed by atoms with Crippen molar-refractivity contribution in [3.05, 3.63) is 35.4 Å². The van der Waals surface area contributed by atoms with Gasteiger partial charge in [-0.15, -0.1) is 0 Å². The van der Waals surface area contributed by atoms with Crippen LogP contribution in [-0.4, -0.2) is 32.1 Å². The van der Waals surface area contributed by atoms with Gasteiger partial charge in [0.15, 0.2) is 0 Å². The zero-order chi connectivity index (χ0) is 13.7. The van der Waals surface area contributed by atoms with Gasteiger partial charge in [0.1, 0.15) is 0 Å². The van der Waals surface area contributed by atoms with Gasteiger partial charge in [0, 0.05) is 6.04 Å². The van der Waals surface area contributed by atoms with Crippen molar-refractivity contribution in [2.75, 3.05) is 27.2 Å². The molecule has 0 amide bonds. The lowest BCUT2D eigenvalue weighted by molar-refractivity contribution is 0.190. The molecule has 0 spiro atoms. The van der Waals surface area contributed by atoms with Gasteiger partial charge >= 0.3 is 0 Å². The summed E-state index contributed by atoms with van der Waals surface area (Å²) in [6.07, 6.45) is 3.76. The van der Waals surface area contributed by atoms with Gasteiger partial charge in [-0.05, 0) is 57.6 Å². The van der Waals surface area contributed by atoms with Crippen LogP contribution in [0.2, 0.25) is 0 Å². The first-order valence-corrected chi connectivity index (χ1v) is 7.11. The van der Waals surface area contributed by atoms with E-state index in [0.717, 1.165) is 18.7 Å². The molecule has 3 heteroatoms. The Hall–Kier alpha value is -1.37. The highest BCUT2D eigenvalue weighted by atomic mass is 15.1. The normalized spacial score (nSPS) is 24.7. The molecule has 0 aromatic heterocycles. The fourth-order valence-electron chi connectivity index (χ4n) is 3.25. The molecular formula is C16H23N3. The van der Waals surface area contributed by atoms with Crippen molar-refractivity contribution in [3.8, 4) is 6.07 Å². The van der Waals surface area contributed by atoms with Crippen LogP contribution in [0.15, 0.2) is 24.3 Å². The van der Waals surface area contributed by atoms with Crippen LogP contribution in [0.5, 0.6) is 0 Å². The number of likely N-dealkylation sites (tertiary alicyclic amines) is 1. The molecule has 1 aliphatic rings. The maximum absolute atomic E-state index is 9.34. The minimum absolute atomic E-state index is 0.353. The van der Waals surface area contributed by atoms with E-state index in [9.17, 15) is 5.26 Å². The summed E-state index contributed by atoms with van der Waals surface area (Å²) < 4.78 is 0. The molecule has 0 saturated carbocycles. The van der Waals surface area contributed by atoms with E-state index in [1.54, 1.807) is 0 Å². The molecule has 2 rings (SSSR count). The summed E-state index contributed by atoms with van der Waals surface area (Å²) in [6.45, 7) is 2.12. The summed E-state index contributed by atoms with van der Waals surface area (Å²) in [5.41, 5.74) is 2.01. The number of nitrogens with one attached hydrogen (secondary N) is 1. The Kier molecular flexibility index (Phi) is 4.95. The summed E-state index contributed by atoms with van der Waals surface area (Å²) in [5.74, 6) is 0.576. The molecule has 2 atom stereocenters. The third kappa shape index (κ3) is 3.15. The first kappa shape index (κ1) is 14.0. The summed E-state index contributed by atoms with van der Waals surface area (Å²) in [6, 6.07) is 10.8. The molecule has 2 unspecified atom stereocenters. The van der Waals surface area contributed by atoms with E-state index >= 15 is 0 Å². The third-order valence-electron chi connectivity index (χ3n) is 4.12. The Labute approximate surface area is 116 Å². The molecular weight excluding hydrogens is 234 g/mol. The number of hydrogen-bond acceptors (Lipinski definition) is 3. The Balaban J connectivity index is 2.37. The van der Waals surface area contributed by atoms with Crippen molar-refractivity contribution in [1.29, 1.82) is 5.26 Å². The summed E-state index contributed by atoms with van der Waals surface area (Å²) in [7, 11) is 4.20. The van der Waals surface area contributed by atoms with E-state index in [-0.39, 0.29) is 0 Å². The van der Waals surface area contributed by atoms with Gasteiger partial charge in [-0.3, -0.25) is 4.90 Å². The van der Waals surface area contributed by atoms with E-state index < -0.39 is 0 Å². The van der Waals surface area contributed by atoms with Crippen LogP contribution in [0.25, 0.3) is 0 Å². The predicted molar refractivity (Wildman–Crippen MR) is 77.8 cm³/mol. The van der Waals surface area contributed by atoms with Crippen LogP contribution in [0, 0.1) is 17.2 Å². The lowest BCUT2D eigenvalue weighted by Gasteiger charge is -2.33. The van der Waals surface area contributed by atoms with Crippen molar-refractivity contribution in [2.24, 2.45) is 5.92 Å². The van der Waals surface area contributed by atoms with Gasteiger partial charge in [0.05, 0.1) is 11.6 Å². The average Bonchev–Trinajstić information content (AvgIpc) is 2.61. The molecule has 0 bridgehead atoms. The Morgan fingerprint density at radius 3 is 2.89 bits per heavy atom. The molecule has 102 valence electrons. The van der Waals surface area contributed by atoms with Crippen LogP contribution in [0.1, 0.15) is 36.4 Å². The number of benzene rings is 1. The van der Waals surface area contributed by atoms with Crippen molar-refractivity contribution in [3.63, 3.8) is 0 Å². The molecule has 1 N–H and O–H groups in total. The van der Waals surface area contributed by atoms with E-state index in [1.165, 1.54) is 24.8 Å². The standard InChI is InChI=1S/C16H23N3/c1-18-12-14-8-5-6-10-19(2)16(14)15-9-4-3-7-13(15)11-17/h3-4,7,9,14,16,18H,5-6,8,10,12H2,1-2H3. The fraction of sp³-hybridized carbons (Fsp3) is 0.562. The first-order valence-electron chi connectivity index (χ1n) is 7.11. The molecule has 0 aliphatic carbocycles. The molecule has 19 heavy (non-hydrogen) atoms. The van der Waals surface area contributed by atoms with Crippen molar-refractivity contribution in [1.82, 2.24) is 10.2 Å². The topological polar surface area (TPSA) is 39.1 Å². The summed E-state index contributed by atoms with van der Waals surface area (Å²) in [5, 5.41) is 12.7. The lowest BCUT2D eigenvalue weighted by atomic mass is 9.87. The Bertz CT molecular complexity index is 450. The largest absolute Gasteiger partial charge is 0.319 e. The van der Waals surface area contributed by atoms with Gasteiger partial charge in [-0.2, -0.15) is 5.26 Å². The van der Waals surface area contributed by atoms with Gasteiger partial charge in [0.25, 0.3) is 0 Å². The number of nitrogens with zero attached hydrogens (tertiary/aromatic N) is 2. The minimum Gasteiger partial charge on any atom is -0.319 e. The molecule has 1 fully saturated rings. The SMILES string of the molecule is CNCC1CCCCN(C)C1c1ccccc1C#N. The predicted octanol–water partition coefficient (Wildman–Crippen LogP) is 2.55. The molecule has 1 aromatic carbocycles. The Morgan fingerprint density at radius 2 is 2.16 bits per heavy atom. The highest BCUT2D eigenvalue weighted by Gasteiger charge is 2.29. The van der Waals surface area contributed by atoms with Gasteiger partial charge in [-0.25, -0.2) is 0 Å². The molecule has 0 radical (unpaired) electrons. The van der Waals surface area contributed by atoms with Gasteiger partial charge < -0.3 is 5.32 Å². The average molecular weight is 257 g/mol. The quantitative estimate of drug-likeness (QED) is 0.904. The fourth-order valence-corrected chi connectivity index (χ4v) is 3.25. The molecule has 1 saturated heterocycles. The second kappa shape index (κ2) is 6.70. The lowest BCUT2D eigenvalue weighted by Crippen LogP contribution is -2.34. The van der Waals surface area contributed by atoms with Crippen LogP contribution in [0.4, 0.5) is 0 Å². The highest BCUT2D eigenvalue weighted by Crippen LogP contribution is 2.35. The van der Waals surface area contributed by atoms with E-state index in [4.69, 9.17) is 0 Å². The maximum atomic E-state index is 9.34. The smallest absolute Gasteiger partial charge is 0.0995 e. The van der Waals surface area contributed by atoms with Crippen molar-refractivity contribution in [2.45, 2.75) is 25.3 Å². The Morgan fingerprint density at radius 1 is 1.37 bits per heavy atom. The number of rotatable bonds is 3. The molecule has 1 heterocycles. The number of hydrogen-bond donors (Lipinski definition) is 1. The number of nitriles is 1. The minimum atomic E-state index is 0.353. The van der Waals surface area contributed by atoms with E-state index in [2.05, 4.69) is 29.4 Å². The van der Waals surface area contributed by atoms with Crippen LogP contribution in [-0.2, 0) is 0 Å². The van der Waals surface area contributed by atoms with E-state index in [0.29, 0.717) is 12.0 Å². The van der Waals surface area contributed by atoms with Gasteiger partial charge in [0.2, 0.25) is 0 Å². The molecule has 1 aliphatic heterocycles. The van der Waals surface area contributed by atoms with Crippen LogP contribution < -0.4 is 5.32 Å². The zero-order valence-electron chi connectivity index (χ0n) is 11.9.